The average Bonchev–Trinajstić information content (AvgIpc) is 3.37. The second kappa shape index (κ2) is 20.8. The molecular formula is C66H63ClSi. The molecule has 0 bridgehead atoms. The quantitative estimate of drug-likeness (QED) is 0.0546. The molecule has 0 atom stereocenters. The first-order valence-electron chi connectivity index (χ1n) is 24.4. The summed E-state index contributed by atoms with van der Waals surface area (Å²) in [6, 6.07) is 74.0. The highest BCUT2D eigenvalue weighted by atomic mass is 35.6. The summed E-state index contributed by atoms with van der Waals surface area (Å²) >= 11 is 9.57. The topological polar surface area (TPSA) is 0 Å². The van der Waals surface area contributed by atoms with E-state index >= 15 is 0 Å². The minimum Gasteiger partial charge on any atom is -0.149 e. The van der Waals surface area contributed by atoms with Crippen LogP contribution in [0, 0.1) is 41.5 Å². The van der Waals surface area contributed by atoms with Gasteiger partial charge in [0.25, 0.3) is 0 Å². The number of hydrogen-bond acceptors (Lipinski definition) is 0. The fourth-order valence-electron chi connectivity index (χ4n) is 10.6. The van der Waals surface area contributed by atoms with Crippen molar-refractivity contribution >= 4 is 34.0 Å². The fraction of sp³-hybridized carbons (Fsp3) is 0.182. The van der Waals surface area contributed by atoms with Crippen molar-refractivity contribution in [3.05, 3.63) is 300 Å². The number of halogens is 1. The third-order valence-corrected chi connectivity index (χ3v) is 20.3. The van der Waals surface area contributed by atoms with Crippen molar-refractivity contribution in [3.63, 3.8) is 0 Å². The molecule has 0 aliphatic rings. The van der Waals surface area contributed by atoms with Gasteiger partial charge in [-0.2, -0.15) is 0 Å². The van der Waals surface area contributed by atoms with Gasteiger partial charge in [0.15, 0.2) is 0 Å². The number of benzene rings is 9. The van der Waals surface area contributed by atoms with Crippen LogP contribution < -0.4 is 15.6 Å². The Bertz CT molecular complexity index is 2800. The van der Waals surface area contributed by atoms with E-state index in [0.29, 0.717) is 0 Å². The minimum atomic E-state index is -3.61. The Morgan fingerprint density at radius 1 is 0.265 bits per heavy atom. The second-order valence-corrected chi connectivity index (χ2v) is 23.7. The second-order valence-electron chi connectivity index (χ2n) is 19.1. The van der Waals surface area contributed by atoms with E-state index in [1.165, 1.54) is 116 Å². The first kappa shape index (κ1) is 46.6. The SMILES string of the molecule is Cc1c(Cc2ccccc2)cc([Si](Cl)(c2cc(Cc3ccccc3)c(C)c(C)c2Cc2ccccc2)c2cc(Cc3ccccc3)c(C)c(C)c2Cc2ccccc2)c(Cc2ccccc2)c1C. The molecule has 9 aromatic carbocycles. The highest BCUT2D eigenvalue weighted by molar-refractivity contribution is 7.40. The van der Waals surface area contributed by atoms with Gasteiger partial charge in [-0.15, -0.1) is 11.1 Å². The van der Waals surface area contributed by atoms with Gasteiger partial charge >= 0.3 is 0 Å². The van der Waals surface area contributed by atoms with Gasteiger partial charge in [0.2, 0.25) is 7.38 Å². The molecule has 2 heteroatoms. The molecule has 0 aliphatic heterocycles. The van der Waals surface area contributed by atoms with Gasteiger partial charge in [0, 0.05) is 0 Å². The summed E-state index contributed by atoms with van der Waals surface area (Å²) in [7, 11) is -3.61. The molecule has 0 N–H and O–H groups in total. The van der Waals surface area contributed by atoms with E-state index in [4.69, 9.17) is 0 Å². The van der Waals surface area contributed by atoms with E-state index in [1.807, 2.05) is 0 Å². The van der Waals surface area contributed by atoms with Crippen molar-refractivity contribution in [2.75, 3.05) is 0 Å². The highest BCUT2D eigenvalue weighted by Crippen LogP contribution is 2.33. The van der Waals surface area contributed by atoms with Gasteiger partial charge < -0.3 is 0 Å². The Hall–Kier alpha value is -6.51. The molecule has 338 valence electrons. The van der Waals surface area contributed by atoms with Crippen molar-refractivity contribution in [1.82, 2.24) is 0 Å². The van der Waals surface area contributed by atoms with Crippen LogP contribution in [0.1, 0.15) is 100 Å². The monoisotopic (exact) mass is 918 g/mol. The van der Waals surface area contributed by atoms with Crippen LogP contribution in [0.15, 0.2) is 200 Å². The van der Waals surface area contributed by atoms with Gasteiger partial charge in [-0.05, 0) is 196 Å². The molecule has 0 aliphatic carbocycles. The Kier molecular flexibility index (Phi) is 14.2. The van der Waals surface area contributed by atoms with Crippen LogP contribution >= 0.6 is 11.1 Å². The first-order valence-corrected chi connectivity index (χ1v) is 27.4. The molecule has 0 nitrogen and oxygen atoms in total. The third kappa shape index (κ3) is 9.88. The van der Waals surface area contributed by atoms with Crippen molar-refractivity contribution < 1.29 is 0 Å². The summed E-state index contributed by atoms with van der Waals surface area (Å²) < 4.78 is 0. The maximum atomic E-state index is 9.57. The maximum Gasteiger partial charge on any atom is 0.248 e. The van der Waals surface area contributed by atoms with Crippen molar-refractivity contribution in [2.45, 2.75) is 80.1 Å². The largest absolute Gasteiger partial charge is 0.248 e. The van der Waals surface area contributed by atoms with E-state index in [0.717, 1.165) is 38.5 Å². The summed E-state index contributed by atoms with van der Waals surface area (Å²) in [4.78, 5) is 0. The van der Waals surface area contributed by atoms with E-state index in [2.05, 4.69) is 242 Å². The zero-order chi connectivity index (χ0) is 47.2. The van der Waals surface area contributed by atoms with E-state index in [-0.39, 0.29) is 0 Å². The average molecular weight is 920 g/mol. The zero-order valence-corrected chi connectivity index (χ0v) is 42.4. The van der Waals surface area contributed by atoms with Crippen LogP contribution in [-0.4, -0.2) is 7.38 Å². The van der Waals surface area contributed by atoms with Gasteiger partial charge in [-0.25, -0.2) is 0 Å². The molecule has 68 heavy (non-hydrogen) atoms. The van der Waals surface area contributed by atoms with Crippen LogP contribution in [0.5, 0.6) is 0 Å². The Labute approximate surface area is 412 Å². The third-order valence-electron chi connectivity index (χ3n) is 14.9. The van der Waals surface area contributed by atoms with Crippen LogP contribution in [0.25, 0.3) is 0 Å². The van der Waals surface area contributed by atoms with Gasteiger partial charge in [-0.3, -0.25) is 0 Å². The van der Waals surface area contributed by atoms with Gasteiger partial charge in [0.1, 0.15) is 0 Å². The van der Waals surface area contributed by atoms with Crippen LogP contribution in [-0.2, 0) is 38.5 Å². The molecular weight excluding hydrogens is 856 g/mol. The lowest BCUT2D eigenvalue weighted by molar-refractivity contribution is 1.08. The number of hydrogen-bond donors (Lipinski definition) is 0. The van der Waals surface area contributed by atoms with Crippen molar-refractivity contribution in [3.8, 4) is 0 Å². The van der Waals surface area contributed by atoms with E-state index in [9.17, 15) is 11.1 Å². The molecule has 0 fully saturated rings. The molecule has 0 heterocycles. The first-order chi connectivity index (χ1) is 33.1. The van der Waals surface area contributed by atoms with E-state index < -0.39 is 7.38 Å². The molecule has 0 spiro atoms. The Balaban J connectivity index is 1.45. The standard InChI is InChI=1S/C66H63ClSi/c1-46-49(4)61(40-55-31-19-10-20-32-55)64(43-58(46)37-52-25-13-7-14-26-52)68(67,65-44-59(38-53-27-15-8-16-28-53)47(2)50(5)62(65)41-56-33-21-11-22-34-56)66-45-60(39-54-29-17-9-18-30-54)48(3)51(6)63(66)42-57-35-23-12-24-36-57/h7-36,43-45H,37-42H2,1-6H3. The molecule has 0 saturated carbocycles. The molecule has 0 radical (unpaired) electrons. The zero-order valence-electron chi connectivity index (χ0n) is 40.7. The summed E-state index contributed by atoms with van der Waals surface area (Å²) in [5.41, 5.74) is 24.0. The predicted octanol–water partition coefficient (Wildman–Crippen LogP) is 14.3. The van der Waals surface area contributed by atoms with E-state index in [1.54, 1.807) is 0 Å². The molecule has 9 aromatic rings. The van der Waals surface area contributed by atoms with Crippen LogP contribution in [0.4, 0.5) is 0 Å². The summed E-state index contributed by atoms with van der Waals surface area (Å²) in [6.07, 6.45) is 4.88. The van der Waals surface area contributed by atoms with Gasteiger partial charge in [-0.1, -0.05) is 200 Å². The number of rotatable bonds is 15. The smallest absolute Gasteiger partial charge is 0.149 e. The molecule has 0 amide bonds. The Morgan fingerprint density at radius 3 is 0.662 bits per heavy atom. The predicted molar refractivity (Wildman–Crippen MR) is 294 cm³/mol. The summed E-state index contributed by atoms with van der Waals surface area (Å²) in [6.45, 7) is 14.1. The van der Waals surface area contributed by atoms with Crippen LogP contribution in [0.2, 0.25) is 0 Å². The van der Waals surface area contributed by atoms with Gasteiger partial charge in [0.05, 0.1) is 0 Å². The van der Waals surface area contributed by atoms with Crippen molar-refractivity contribution in [1.29, 1.82) is 0 Å². The summed E-state index contributed by atoms with van der Waals surface area (Å²) in [5, 5.41) is 3.93. The highest BCUT2D eigenvalue weighted by Gasteiger charge is 2.45. The normalized spacial score (nSPS) is 11.5. The minimum absolute atomic E-state index is 0.793. The molecule has 9 rings (SSSR count). The molecule has 0 aromatic heterocycles. The molecule has 0 saturated heterocycles. The molecule has 0 unspecified atom stereocenters. The lowest BCUT2D eigenvalue weighted by Crippen LogP contribution is -2.66. The maximum absolute atomic E-state index is 9.57. The lowest BCUT2D eigenvalue weighted by Gasteiger charge is -2.37. The lowest BCUT2D eigenvalue weighted by atomic mass is 9.90. The fourth-order valence-corrected chi connectivity index (χ4v) is 16.1. The Morgan fingerprint density at radius 2 is 0.456 bits per heavy atom. The van der Waals surface area contributed by atoms with Crippen LogP contribution in [0.3, 0.4) is 0 Å². The summed E-state index contributed by atoms with van der Waals surface area (Å²) in [5.74, 6) is 0. The van der Waals surface area contributed by atoms with Crippen molar-refractivity contribution in [2.24, 2.45) is 0 Å².